The van der Waals surface area contributed by atoms with E-state index >= 15 is 0 Å². The molecule has 2 saturated heterocycles. The highest BCUT2D eigenvalue weighted by molar-refractivity contribution is 5.94. The molecule has 2 aromatic heterocycles. The van der Waals surface area contributed by atoms with Crippen molar-refractivity contribution in [3.05, 3.63) is 48.2 Å². The molecule has 0 aromatic carbocycles. The predicted molar refractivity (Wildman–Crippen MR) is 84.5 cm³/mol. The first kappa shape index (κ1) is 15.9. The van der Waals surface area contributed by atoms with E-state index in [0.29, 0.717) is 31.7 Å². The Hall–Kier alpha value is -2.61. The first-order chi connectivity index (χ1) is 12.2. The fraction of sp³-hybridized carbons (Fsp3) is 0.412. The van der Waals surface area contributed by atoms with E-state index in [1.165, 1.54) is 30.7 Å². The number of likely N-dealkylation sites (tertiary alicyclic amines) is 1. The van der Waals surface area contributed by atoms with E-state index in [-0.39, 0.29) is 17.9 Å². The summed E-state index contributed by atoms with van der Waals surface area (Å²) in [6.45, 7) is 1.44. The van der Waals surface area contributed by atoms with Gasteiger partial charge in [0.25, 0.3) is 11.8 Å². The molecule has 8 heteroatoms. The van der Waals surface area contributed by atoms with Crippen molar-refractivity contribution in [2.75, 3.05) is 19.7 Å². The Balaban J connectivity index is 1.40. The lowest BCUT2D eigenvalue weighted by Gasteiger charge is -2.23. The molecule has 0 N–H and O–H groups in total. The summed E-state index contributed by atoms with van der Waals surface area (Å²) in [5.74, 6) is -0.589. The minimum atomic E-state index is -0.489. The van der Waals surface area contributed by atoms with Gasteiger partial charge >= 0.3 is 0 Å². The zero-order chi connectivity index (χ0) is 17.3. The third kappa shape index (κ3) is 3.17. The Morgan fingerprint density at radius 2 is 2.28 bits per heavy atom. The molecule has 4 rings (SSSR count). The molecule has 4 heterocycles. The Kier molecular flexibility index (Phi) is 4.04. The highest BCUT2D eigenvalue weighted by Crippen LogP contribution is 2.37. The van der Waals surface area contributed by atoms with E-state index in [1.54, 1.807) is 11.0 Å². The van der Waals surface area contributed by atoms with Gasteiger partial charge in [0, 0.05) is 19.2 Å². The van der Waals surface area contributed by atoms with Crippen molar-refractivity contribution in [1.82, 2.24) is 20.1 Å². The highest BCUT2D eigenvalue weighted by Gasteiger charge is 2.47. The van der Waals surface area contributed by atoms with Gasteiger partial charge in [0.15, 0.2) is 5.82 Å². The summed E-state index contributed by atoms with van der Waals surface area (Å²) < 4.78 is 25.3. The molecule has 0 saturated carbocycles. The Labute approximate surface area is 143 Å². The first-order valence-electron chi connectivity index (χ1n) is 8.12. The smallest absolute Gasteiger partial charge is 0.255 e. The largest absolute Gasteiger partial charge is 0.470 e. The number of amides is 1. The second-order valence-corrected chi connectivity index (χ2v) is 6.34. The van der Waals surface area contributed by atoms with Gasteiger partial charge in [-0.3, -0.25) is 4.79 Å². The van der Waals surface area contributed by atoms with Crippen molar-refractivity contribution in [1.29, 1.82) is 0 Å². The molecule has 2 aliphatic heterocycles. The molecule has 1 spiro atoms. The minimum absolute atomic E-state index is 0.0121. The molecule has 7 nitrogen and oxygen atoms in total. The van der Waals surface area contributed by atoms with E-state index < -0.39 is 11.4 Å². The Bertz CT molecular complexity index is 775. The lowest BCUT2D eigenvalue weighted by molar-refractivity contribution is 0.00975. The third-order valence-electron chi connectivity index (χ3n) is 4.61. The zero-order valence-electron chi connectivity index (χ0n) is 13.5. The summed E-state index contributed by atoms with van der Waals surface area (Å²) in [4.78, 5) is 18.2. The van der Waals surface area contributed by atoms with Crippen LogP contribution in [0.25, 0.3) is 0 Å². The summed E-state index contributed by atoms with van der Waals surface area (Å²) in [6, 6.07) is 4.47. The first-order valence-corrected chi connectivity index (χ1v) is 8.12. The number of pyridine rings is 1. The van der Waals surface area contributed by atoms with Crippen LogP contribution >= 0.6 is 0 Å². The number of hydrogen-bond donors (Lipinski definition) is 0. The average Bonchev–Trinajstić information content (AvgIpc) is 3.24. The molecule has 130 valence electrons. The van der Waals surface area contributed by atoms with Crippen LogP contribution in [0.1, 0.15) is 23.2 Å². The second-order valence-electron chi connectivity index (χ2n) is 6.34. The summed E-state index contributed by atoms with van der Waals surface area (Å²) in [6.07, 6.45) is 5.49. The van der Waals surface area contributed by atoms with Crippen molar-refractivity contribution in [2.45, 2.75) is 24.5 Å². The molecular weight excluding hydrogens is 327 g/mol. The number of rotatable bonds is 3. The van der Waals surface area contributed by atoms with Crippen molar-refractivity contribution in [2.24, 2.45) is 0 Å². The molecule has 2 fully saturated rings. The van der Waals surface area contributed by atoms with Crippen molar-refractivity contribution < 1.29 is 18.7 Å². The van der Waals surface area contributed by atoms with Crippen LogP contribution in [0.15, 0.2) is 36.8 Å². The van der Waals surface area contributed by atoms with Gasteiger partial charge < -0.3 is 14.4 Å². The molecule has 0 unspecified atom stereocenters. The van der Waals surface area contributed by atoms with Gasteiger partial charge in [-0.05, 0) is 24.6 Å². The molecule has 2 aromatic rings. The van der Waals surface area contributed by atoms with Crippen molar-refractivity contribution >= 4 is 5.91 Å². The SMILES string of the molecule is O=C(c1ccnnc1)N1CC[C@]2(C[C@@H](Oc3ncccc3F)CO2)C1. The van der Waals surface area contributed by atoms with Gasteiger partial charge in [-0.25, -0.2) is 9.37 Å². The molecule has 2 atom stereocenters. The maximum absolute atomic E-state index is 13.7. The zero-order valence-corrected chi connectivity index (χ0v) is 13.5. The van der Waals surface area contributed by atoms with Gasteiger partial charge in [-0.15, -0.1) is 0 Å². The normalized spacial score (nSPS) is 25.5. The predicted octanol–water partition coefficient (Wildman–Crippen LogP) is 1.46. The van der Waals surface area contributed by atoms with E-state index in [9.17, 15) is 9.18 Å². The van der Waals surface area contributed by atoms with E-state index in [0.717, 1.165) is 6.42 Å². The quantitative estimate of drug-likeness (QED) is 0.839. The maximum atomic E-state index is 13.7. The van der Waals surface area contributed by atoms with Gasteiger partial charge in [-0.1, -0.05) is 0 Å². The fourth-order valence-electron chi connectivity index (χ4n) is 3.40. The number of nitrogens with zero attached hydrogens (tertiary/aromatic N) is 4. The molecule has 0 radical (unpaired) electrons. The van der Waals surface area contributed by atoms with Crippen LogP contribution in [-0.2, 0) is 4.74 Å². The summed E-state index contributed by atoms with van der Waals surface area (Å²) in [7, 11) is 0. The maximum Gasteiger partial charge on any atom is 0.255 e. The van der Waals surface area contributed by atoms with Crippen LogP contribution in [0, 0.1) is 5.82 Å². The molecule has 25 heavy (non-hydrogen) atoms. The lowest BCUT2D eigenvalue weighted by atomic mass is 9.98. The van der Waals surface area contributed by atoms with Crippen molar-refractivity contribution in [3.63, 3.8) is 0 Å². The van der Waals surface area contributed by atoms with Gasteiger partial charge in [0.2, 0.25) is 0 Å². The number of carbonyl (C=O) groups excluding carboxylic acids is 1. The number of aromatic nitrogens is 3. The number of carbonyl (C=O) groups is 1. The van der Waals surface area contributed by atoms with Crippen LogP contribution in [0.3, 0.4) is 0 Å². The molecule has 1 amide bonds. The van der Waals surface area contributed by atoms with Crippen LogP contribution in [0.5, 0.6) is 5.88 Å². The summed E-state index contributed by atoms with van der Waals surface area (Å²) in [5.41, 5.74) is 0.0693. The monoisotopic (exact) mass is 344 g/mol. The van der Waals surface area contributed by atoms with Gasteiger partial charge in [-0.2, -0.15) is 10.2 Å². The lowest BCUT2D eigenvalue weighted by Crippen LogP contribution is -2.36. The number of hydrogen-bond acceptors (Lipinski definition) is 6. The van der Waals surface area contributed by atoms with E-state index in [4.69, 9.17) is 9.47 Å². The standard InChI is InChI=1S/C17H17FN4O3/c18-14-2-1-5-19-15(14)25-13-8-17(24-10-13)4-7-22(11-17)16(23)12-3-6-20-21-9-12/h1-3,5-6,9,13H,4,7-8,10-11H2/t13-,17+/m1/s1. The molecule has 0 aliphatic carbocycles. The van der Waals surface area contributed by atoms with E-state index in [1.807, 2.05) is 0 Å². The minimum Gasteiger partial charge on any atom is -0.470 e. The van der Waals surface area contributed by atoms with Crippen molar-refractivity contribution in [3.8, 4) is 5.88 Å². The topological polar surface area (TPSA) is 77.4 Å². The number of halogens is 1. The van der Waals surface area contributed by atoms with Gasteiger partial charge in [0.05, 0.1) is 36.7 Å². The second kappa shape index (κ2) is 6.36. The Morgan fingerprint density at radius 1 is 1.36 bits per heavy atom. The van der Waals surface area contributed by atoms with Crippen LogP contribution < -0.4 is 4.74 Å². The Morgan fingerprint density at radius 3 is 3.08 bits per heavy atom. The summed E-state index contributed by atoms with van der Waals surface area (Å²) >= 11 is 0. The van der Waals surface area contributed by atoms with Crippen LogP contribution in [0.2, 0.25) is 0 Å². The summed E-state index contributed by atoms with van der Waals surface area (Å²) in [5, 5.41) is 7.43. The fourth-order valence-corrected chi connectivity index (χ4v) is 3.40. The molecule has 0 bridgehead atoms. The van der Waals surface area contributed by atoms with Gasteiger partial charge in [0.1, 0.15) is 6.10 Å². The third-order valence-corrected chi connectivity index (χ3v) is 4.61. The highest BCUT2D eigenvalue weighted by atomic mass is 19.1. The number of ether oxygens (including phenoxy) is 2. The van der Waals surface area contributed by atoms with Crippen LogP contribution in [0.4, 0.5) is 4.39 Å². The molecular formula is C17H17FN4O3. The average molecular weight is 344 g/mol. The van der Waals surface area contributed by atoms with E-state index in [2.05, 4.69) is 15.2 Å². The molecule has 2 aliphatic rings. The van der Waals surface area contributed by atoms with Crippen LogP contribution in [-0.4, -0.2) is 57.4 Å².